The van der Waals surface area contributed by atoms with E-state index in [1.54, 1.807) is 0 Å². The van der Waals surface area contributed by atoms with Crippen LogP contribution < -0.4 is 0 Å². The quantitative estimate of drug-likeness (QED) is 0.640. The molecule has 2 nitrogen and oxygen atoms in total. The Morgan fingerprint density at radius 3 is 1.69 bits per heavy atom. The van der Waals surface area contributed by atoms with Gasteiger partial charge in [-0.3, -0.25) is 9.80 Å². The van der Waals surface area contributed by atoms with E-state index in [9.17, 15) is 0 Å². The normalized spacial score (nSPS) is 37.4. The van der Waals surface area contributed by atoms with Crippen molar-refractivity contribution in [3.8, 4) is 0 Å². The van der Waals surface area contributed by atoms with Crippen LogP contribution in [0, 0.1) is 11.8 Å². The lowest BCUT2D eigenvalue weighted by molar-refractivity contribution is 0.174. The molecule has 76 valence electrons. The molecular formula is C11H22N2. The fourth-order valence-electron chi connectivity index (χ4n) is 2.59. The van der Waals surface area contributed by atoms with Crippen LogP contribution in [-0.2, 0) is 0 Å². The summed E-state index contributed by atoms with van der Waals surface area (Å²) in [6.45, 7) is 11.3. The molecule has 0 aromatic rings. The molecule has 2 atom stereocenters. The van der Waals surface area contributed by atoms with Crippen LogP contribution in [0.4, 0.5) is 0 Å². The lowest BCUT2D eigenvalue weighted by Crippen LogP contribution is -2.35. The second-order valence-corrected chi connectivity index (χ2v) is 5.08. The molecule has 2 heteroatoms. The molecule has 2 fully saturated rings. The first-order valence-electron chi connectivity index (χ1n) is 5.69. The van der Waals surface area contributed by atoms with E-state index in [2.05, 4.69) is 23.6 Å². The van der Waals surface area contributed by atoms with Gasteiger partial charge in [-0.1, -0.05) is 13.8 Å². The highest BCUT2D eigenvalue weighted by molar-refractivity contribution is 4.76. The third kappa shape index (κ3) is 2.44. The summed E-state index contributed by atoms with van der Waals surface area (Å²) in [7, 11) is 0. The largest absolute Gasteiger partial charge is 0.290 e. The zero-order valence-electron chi connectivity index (χ0n) is 9.00. The number of likely N-dealkylation sites (tertiary alicyclic amines) is 2. The van der Waals surface area contributed by atoms with Crippen molar-refractivity contribution in [1.82, 2.24) is 9.80 Å². The van der Waals surface area contributed by atoms with Crippen molar-refractivity contribution >= 4 is 0 Å². The Morgan fingerprint density at radius 1 is 0.923 bits per heavy atom. The summed E-state index contributed by atoms with van der Waals surface area (Å²) in [4.78, 5) is 5.23. The summed E-state index contributed by atoms with van der Waals surface area (Å²) in [5, 5.41) is 0. The molecule has 2 heterocycles. The van der Waals surface area contributed by atoms with E-state index < -0.39 is 0 Å². The van der Waals surface area contributed by atoms with E-state index >= 15 is 0 Å². The van der Waals surface area contributed by atoms with Crippen molar-refractivity contribution < 1.29 is 0 Å². The molecule has 0 aliphatic carbocycles. The van der Waals surface area contributed by atoms with Crippen LogP contribution in [0.5, 0.6) is 0 Å². The predicted octanol–water partition coefficient (Wildman–Crippen LogP) is 1.63. The Hall–Kier alpha value is -0.0800. The van der Waals surface area contributed by atoms with Crippen molar-refractivity contribution in [2.75, 3.05) is 32.8 Å². The summed E-state index contributed by atoms with van der Waals surface area (Å²) in [6.07, 6.45) is 2.81. The molecule has 0 aromatic heterocycles. The van der Waals surface area contributed by atoms with Gasteiger partial charge in [0.2, 0.25) is 0 Å². The van der Waals surface area contributed by atoms with Gasteiger partial charge in [0.05, 0.1) is 6.67 Å². The van der Waals surface area contributed by atoms with Gasteiger partial charge in [0.1, 0.15) is 0 Å². The minimum atomic E-state index is 0.931. The SMILES string of the molecule is CC1CCN(CN2CCC(C)C2)C1. The Labute approximate surface area is 81.9 Å². The van der Waals surface area contributed by atoms with Gasteiger partial charge in [-0.15, -0.1) is 0 Å². The molecule has 2 saturated heterocycles. The maximum absolute atomic E-state index is 2.61. The maximum atomic E-state index is 2.61. The predicted molar refractivity (Wildman–Crippen MR) is 55.6 cm³/mol. The minimum absolute atomic E-state index is 0.931. The molecule has 0 amide bonds. The van der Waals surface area contributed by atoms with Crippen LogP contribution in [0.2, 0.25) is 0 Å². The van der Waals surface area contributed by atoms with Crippen LogP contribution in [0.1, 0.15) is 26.7 Å². The number of hydrogen-bond acceptors (Lipinski definition) is 2. The van der Waals surface area contributed by atoms with Gasteiger partial charge in [-0.05, 0) is 37.8 Å². The molecule has 0 bridgehead atoms. The topological polar surface area (TPSA) is 6.48 Å². The first-order chi connectivity index (χ1) is 6.24. The number of hydrogen-bond donors (Lipinski definition) is 0. The van der Waals surface area contributed by atoms with Crippen LogP contribution in [0.25, 0.3) is 0 Å². The smallest absolute Gasteiger partial charge is 0.0506 e. The highest BCUT2D eigenvalue weighted by atomic mass is 15.3. The molecule has 13 heavy (non-hydrogen) atoms. The van der Waals surface area contributed by atoms with Gasteiger partial charge < -0.3 is 0 Å². The van der Waals surface area contributed by atoms with Crippen molar-refractivity contribution in [1.29, 1.82) is 0 Å². The van der Waals surface area contributed by atoms with E-state index in [-0.39, 0.29) is 0 Å². The molecule has 0 saturated carbocycles. The third-order valence-corrected chi connectivity index (χ3v) is 3.42. The standard InChI is InChI=1S/C11H22N2/c1-10-3-5-12(7-10)9-13-6-4-11(2)8-13/h10-11H,3-9H2,1-2H3. The van der Waals surface area contributed by atoms with E-state index in [0.717, 1.165) is 11.8 Å². The molecule has 0 spiro atoms. The molecule has 2 aliphatic rings. The van der Waals surface area contributed by atoms with Crippen LogP contribution in [-0.4, -0.2) is 42.6 Å². The van der Waals surface area contributed by atoms with E-state index in [0.29, 0.717) is 0 Å². The molecule has 2 rings (SSSR count). The zero-order valence-corrected chi connectivity index (χ0v) is 9.00. The molecule has 0 N–H and O–H groups in total. The molecule has 0 radical (unpaired) electrons. The van der Waals surface area contributed by atoms with Crippen molar-refractivity contribution in [2.24, 2.45) is 11.8 Å². The zero-order chi connectivity index (χ0) is 9.26. The molecule has 2 unspecified atom stereocenters. The van der Waals surface area contributed by atoms with Crippen molar-refractivity contribution in [2.45, 2.75) is 26.7 Å². The Bertz CT molecular complexity index is 151. The fourth-order valence-corrected chi connectivity index (χ4v) is 2.59. The van der Waals surface area contributed by atoms with Gasteiger partial charge in [-0.25, -0.2) is 0 Å². The van der Waals surface area contributed by atoms with E-state index in [1.165, 1.54) is 45.7 Å². The molecular weight excluding hydrogens is 160 g/mol. The van der Waals surface area contributed by atoms with Crippen LogP contribution >= 0.6 is 0 Å². The van der Waals surface area contributed by atoms with Crippen molar-refractivity contribution in [3.05, 3.63) is 0 Å². The first-order valence-corrected chi connectivity index (χ1v) is 5.69. The first kappa shape index (κ1) is 9.47. The second kappa shape index (κ2) is 3.97. The Balaban J connectivity index is 1.72. The number of nitrogens with zero attached hydrogens (tertiary/aromatic N) is 2. The molecule has 2 aliphatic heterocycles. The number of rotatable bonds is 2. The monoisotopic (exact) mass is 182 g/mol. The Morgan fingerprint density at radius 2 is 1.38 bits per heavy atom. The average Bonchev–Trinajstić information content (AvgIpc) is 2.62. The van der Waals surface area contributed by atoms with Gasteiger partial charge in [0.25, 0.3) is 0 Å². The van der Waals surface area contributed by atoms with Gasteiger partial charge in [0.15, 0.2) is 0 Å². The molecule has 0 aromatic carbocycles. The van der Waals surface area contributed by atoms with Gasteiger partial charge in [-0.2, -0.15) is 0 Å². The summed E-state index contributed by atoms with van der Waals surface area (Å²) in [6, 6.07) is 0. The van der Waals surface area contributed by atoms with Crippen LogP contribution in [0.15, 0.2) is 0 Å². The third-order valence-electron chi connectivity index (χ3n) is 3.42. The van der Waals surface area contributed by atoms with Crippen LogP contribution in [0.3, 0.4) is 0 Å². The fraction of sp³-hybridized carbons (Fsp3) is 1.00. The van der Waals surface area contributed by atoms with Gasteiger partial charge in [0, 0.05) is 13.1 Å². The highest BCUT2D eigenvalue weighted by Gasteiger charge is 2.24. The maximum Gasteiger partial charge on any atom is 0.0506 e. The van der Waals surface area contributed by atoms with E-state index in [4.69, 9.17) is 0 Å². The Kier molecular flexibility index (Phi) is 2.89. The van der Waals surface area contributed by atoms with E-state index in [1.807, 2.05) is 0 Å². The minimum Gasteiger partial charge on any atom is -0.290 e. The highest BCUT2D eigenvalue weighted by Crippen LogP contribution is 2.19. The average molecular weight is 182 g/mol. The summed E-state index contributed by atoms with van der Waals surface area (Å²) in [5.74, 6) is 1.86. The summed E-state index contributed by atoms with van der Waals surface area (Å²) in [5.41, 5.74) is 0. The van der Waals surface area contributed by atoms with Crippen molar-refractivity contribution in [3.63, 3.8) is 0 Å². The lowest BCUT2D eigenvalue weighted by atomic mass is 10.2. The summed E-state index contributed by atoms with van der Waals surface area (Å²) < 4.78 is 0. The van der Waals surface area contributed by atoms with Gasteiger partial charge >= 0.3 is 0 Å². The lowest BCUT2D eigenvalue weighted by Gasteiger charge is -2.23. The second-order valence-electron chi connectivity index (χ2n) is 5.08. The summed E-state index contributed by atoms with van der Waals surface area (Å²) >= 11 is 0.